The topological polar surface area (TPSA) is 79.7 Å². The molecule has 1 aliphatic rings. The summed E-state index contributed by atoms with van der Waals surface area (Å²) in [7, 11) is 1.29. The summed E-state index contributed by atoms with van der Waals surface area (Å²) in [6.07, 6.45) is -2.76. The lowest BCUT2D eigenvalue weighted by Gasteiger charge is -2.33. The first-order chi connectivity index (χ1) is 14.7. The second-order valence-corrected chi connectivity index (χ2v) is 8.15. The zero-order chi connectivity index (χ0) is 21.9. The minimum Gasteiger partial charge on any atom is -0.346 e. The lowest BCUT2D eigenvalue weighted by Crippen LogP contribution is -2.41. The third-order valence-electron chi connectivity index (χ3n) is 5.20. The van der Waals surface area contributed by atoms with Crippen LogP contribution in [-0.2, 0) is 19.6 Å². The number of benzene rings is 1. The Hall–Kier alpha value is -3.28. The lowest BCUT2D eigenvalue weighted by molar-refractivity contribution is -0.141. The van der Waals surface area contributed by atoms with Gasteiger partial charge in [-0.2, -0.15) is 18.3 Å². The molecule has 0 unspecified atom stereocenters. The Morgan fingerprint density at radius 1 is 1.32 bits per heavy atom. The van der Waals surface area contributed by atoms with Gasteiger partial charge in [-0.3, -0.25) is 9.48 Å². The van der Waals surface area contributed by atoms with Crippen LogP contribution in [0.1, 0.15) is 38.6 Å². The molecule has 0 radical (unpaired) electrons. The number of imidazole rings is 1. The summed E-state index contributed by atoms with van der Waals surface area (Å²) in [5.74, 6) is -1.12. The van der Waals surface area contributed by atoms with Crippen molar-refractivity contribution in [1.82, 2.24) is 29.6 Å². The average Bonchev–Trinajstić information content (AvgIpc) is 3.44. The number of hydrogen-bond donors (Lipinski definition) is 1. The zero-order valence-electron chi connectivity index (χ0n) is 15.9. The summed E-state index contributed by atoms with van der Waals surface area (Å²) < 4.78 is 55.0. The molecule has 0 fully saturated rings. The van der Waals surface area contributed by atoms with Crippen molar-refractivity contribution in [2.45, 2.75) is 18.6 Å². The van der Waals surface area contributed by atoms with E-state index in [9.17, 15) is 22.4 Å². The van der Waals surface area contributed by atoms with Crippen molar-refractivity contribution < 1.29 is 22.4 Å². The number of rotatable bonds is 2. The fourth-order valence-corrected chi connectivity index (χ4v) is 4.86. The second kappa shape index (κ2) is 6.87. The Balaban J connectivity index is 1.61. The maximum absolute atomic E-state index is 14.2. The van der Waals surface area contributed by atoms with E-state index in [1.54, 1.807) is 12.1 Å². The third-order valence-corrected chi connectivity index (χ3v) is 6.27. The van der Waals surface area contributed by atoms with Gasteiger partial charge >= 0.3 is 6.18 Å². The molecule has 4 aromatic rings. The molecule has 1 amide bonds. The van der Waals surface area contributed by atoms with Crippen molar-refractivity contribution in [2.75, 3.05) is 6.54 Å². The quantitative estimate of drug-likeness (QED) is 0.473. The van der Waals surface area contributed by atoms with Gasteiger partial charge in [0.15, 0.2) is 5.69 Å². The van der Waals surface area contributed by atoms with Crippen molar-refractivity contribution in [1.29, 1.82) is 0 Å². The molecule has 3 aromatic heterocycles. The molecule has 1 aromatic carbocycles. The Kier molecular flexibility index (Phi) is 4.36. The molecule has 0 saturated heterocycles. The van der Waals surface area contributed by atoms with E-state index in [1.807, 2.05) is 0 Å². The highest BCUT2D eigenvalue weighted by Gasteiger charge is 2.40. The number of thiazole rings is 1. The average molecular weight is 450 g/mol. The highest BCUT2D eigenvalue weighted by atomic mass is 32.1. The Labute approximate surface area is 176 Å². The molecule has 0 bridgehead atoms. The number of H-pyrrole nitrogens is 1. The smallest absolute Gasteiger partial charge is 0.346 e. The maximum atomic E-state index is 14.2. The first-order valence-corrected chi connectivity index (χ1v) is 10.0. The van der Waals surface area contributed by atoms with Gasteiger partial charge < -0.3 is 9.88 Å². The molecule has 1 N–H and O–H groups in total. The number of aryl methyl sites for hydroxylation is 1. The molecule has 0 spiro atoms. The predicted octanol–water partition coefficient (Wildman–Crippen LogP) is 3.70. The van der Waals surface area contributed by atoms with E-state index in [4.69, 9.17) is 0 Å². The largest absolute Gasteiger partial charge is 0.435 e. The van der Waals surface area contributed by atoms with Crippen LogP contribution in [0.5, 0.6) is 0 Å². The first kappa shape index (κ1) is 19.7. The van der Waals surface area contributed by atoms with Gasteiger partial charge in [0, 0.05) is 26.1 Å². The summed E-state index contributed by atoms with van der Waals surface area (Å²) in [4.78, 5) is 26.4. The van der Waals surface area contributed by atoms with Crippen LogP contribution in [0.4, 0.5) is 17.6 Å². The van der Waals surface area contributed by atoms with Crippen LogP contribution >= 0.6 is 11.3 Å². The van der Waals surface area contributed by atoms with E-state index in [0.717, 1.165) is 16.4 Å². The molecule has 12 heteroatoms. The van der Waals surface area contributed by atoms with Gasteiger partial charge in [-0.1, -0.05) is 6.07 Å². The van der Waals surface area contributed by atoms with Gasteiger partial charge in [-0.15, -0.1) is 11.3 Å². The van der Waals surface area contributed by atoms with Crippen LogP contribution < -0.4 is 0 Å². The van der Waals surface area contributed by atoms with Crippen molar-refractivity contribution >= 4 is 27.5 Å². The maximum Gasteiger partial charge on any atom is 0.435 e. The fraction of sp³-hybridized carbons (Fsp3) is 0.263. The monoisotopic (exact) mass is 450 g/mol. The minimum atomic E-state index is -4.67. The van der Waals surface area contributed by atoms with Gasteiger partial charge in [0.05, 0.1) is 22.4 Å². The molecule has 7 nitrogen and oxygen atoms in total. The van der Waals surface area contributed by atoms with Gasteiger partial charge in [0.1, 0.15) is 28.1 Å². The van der Waals surface area contributed by atoms with Gasteiger partial charge in [-0.05, 0) is 12.1 Å². The molecule has 0 saturated carbocycles. The highest BCUT2D eigenvalue weighted by Crippen LogP contribution is 2.39. The lowest BCUT2D eigenvalue weighted by atomic mass is 10.0. The zero-order valence-corrected chi connectivity index (χ0v) is 16.8. The fourth-order valence-electron chi connectivity index (χ4n) is 3.76. The Morgan fingerprint density at radius 3 is 2.84 bits per heavy atom. The predicted molar refractivity (Wildman–Crippen MR) is 103 cm³/mol. The molecule has 160 valence electrons. The molecule has 1 aliphatic heterocycles. The number of nitrogens with zero attached hydrogens (tertiary/aromatic N) is 5. The third kappa shape index (κ3) is 3.17. The molecule has 31 heavy (non-hydrogen) atoms. The second-order valence-electron chi connectivity index (χ2n) is 7.09. The van der Waals surface area contributed by atoms with Gasteiger partial charge in [-0.25, -0.2) is 14.4 Å². The van der Waals surface area contributed by atoms with Crippen molar-refractivity contribution in [3.63, 3.8) is 0 Å². The van der Waals surface area contributed by atoms with E-state index in [0.29, 0.717) is 21.8 Å². The number of hydrogen-bond acceptors (Lipinski definition) is 5. The molecular weight excluding hydrogens is 436 g/mol. The van der Waals surface area contributed by atoms with Crippen LogP contribution in [-0.4, -0.2) is 42.1 Å². The summed E-state index contributed by atoms with van der Waals surface area (Å²) in [5, 5.41) is 3.88. The summed E-state index contributed by atoms with van der Waals surface area (Å²) in [6, 6.07) is 4.59. The van der Waals surface area contributed by atoms with Crippen molar-refractivity contribution in [2.24, 2.45) is 7.05 Å². The van der Waals surface area contributed by atoms with E-state index in [2.05, 4.69) is 20.1 Å². The van der Waals surface area contributed by atoms with E-state index in [-0.39, 0.29) is 17.8 Å². The number of fused-ring (bicyclic) bond motifs is 2. The van der Waals surface area contributed by atoms with Crippen LogP contribution in [0.15, 0.2) is 30.6 Å². The van der Waals surface area contributed by atoms with E-state index >= 15 is 0 Å². The number of alkyl halides is 3. The molecule has 5 rings (SSSR count). The van der Waals surface area contributed by atoms with Crippen LogP contribution in [0.2, 0.25) is 0 Å². The number of nitrogens with one attached hydrogen (secondary N) is 1. The number of amides is 1. The number of aromatic nitrogens is 5. The van der Waals surface area contributed by atoms with Gasteiger partial charge in [0.2, 0.25) is 0 Å². The first-order valence-electron chi connectivity index (χ1n) is 9.23. The number of carbonyl (C=O) groups excluding carboxylic acids is 1. The highest BCUT2D eigenvalue weighted by molar-refractivity contribution is 7.18. The van der Waals surface area contributed by atoms with Crippen LogP contribution in [0.25, 0.3) is 10.2 Å². The normalized spacial score (nSPS) is 16.7. The number of aromatic amines is 1. The summed E-state index contributed by atoms with van der Waals surface area (Å²) >= 11 is 1.22. The van der Waals surface area contributed by atoms with Crippen LogP contribution in [0.3, 0.4) is 0 Å². The minimum absolute atomic E-state index is 0.182. The SMILES string of the molecule is Cn1nc(C(F)(F)F)cc1C(=O)N1CCc2nc[nH]c2[C@H]1c1nc2c(F)cccc2s1. The number of para-hydroxylation sites is 1. The Morgan fingerprint density at radius 2 is 2.13 bits per heavy atom. The standard InChI is InChI=1S/C19H14F4N6OS/c1-28-11(7-13(27-28)19(21,22)23)18(30)29-6-5-10-15(25-8-24-10)16(29)17-26-14-9(20)3-2-4-12(14)31-17/h2-4,7-8,16H,5-6H2,1H3,(H,24,25)/t16-/m0/s1. The summed E-state index contributed by atoms with van der Waals surface area (Å²) in [6.45, 7) is 0.215. The number of carbonyl (C=O) groups is 1. The molecule has 0 aliphatic carbocycles. The summed E-state index contributed by atoms with van der Waals surface area (Å²) in [5.41, 5.74) is 0.178. The van der Waals surface area contributed by atoms with Crippen molar-refractivity contribution in [3.8, 4) is 0 Å². The van der Waals surface area contributed by atoms with E-state index in [1.165, 1.54) is 35.7 Å². The van der Waals surface area contributed by atoms with Gasteiger partial charge in [0.25, 0.3) is 5.91 Å². The van der Waals surface area contributed by atoms with E-state index < -0.39 is 29.6 Å². The van der Waals surface area contributed by atoms with Crippen LogP contribution in [0, 0.1) is 5.82 Å². The molecular formula is C19H14F4N6OS. The number of halogens is 4. The Bertz CT molecular complexity index is 1310. The molecule has 1 atom stereocenters. The van der Waals surface area contributed by atoms with Crippen molar-refractivity contribution in [3.05, 3.63) is 64.2 Å². The molecule has 4 heterocycles.